The van der Waals surface area contributed by atoms with Crippen LogP contribution < -0.4 is 14.8 Å². The van der Waals surface area contributed by atoms with Crippen LogP contribution in [-0.4, -0.2) is 44.5 Å². The normalized spacial score (nSPS) is 10.0. The van der Waals surface area contributed by atoms with E-state index in [2.05, 4.69) is 5.32 Å². The highest BCUT2D eigenvalue weighted by atomic mass is 16.5. The second kappa shape index (κ2) is 8.73. The fraction of sp³-hybridized carbons (Fsp3) is 0.263. The van der Waals surface area contributed by atoms with Crippen molar-refractivity contribution >= 4 is 17.5 Å². The maximum absolute atomic E-state index is 11.9. The quantitative estimate of drug-likeness (QED) is 0.839. The van der Waals surface area contributed by atoms with Crippen LogP contribution in [0, 0.1) is 0 Å². The summed E-state index contributed by atoms with van der Waals surface area (Å²) in [7, 11) is 5.03. The zero-order valence-electron chi connectivity index (χ0n) is 14.6. The number of nitrogens with one attached hydrogen (secondary N) is 1. The molecule has 0 aromatic heterocycles. The average molecular weight is 342 g/mol. The maximum Gasteiger partial charge on any atom is 0.262 e. The van der Waals surface area contributed by atoms with Crippen molar-refractivity contribution in [3.63, 3.8) is 0 Å². The number of nitrogens with zero attached hydrogens (tertiary/aromatic N) is 1. The lowest BCUT2D eigenvalue weighted by molar-refractivity contribution is -0.128. The van der Waals surface area contributed by atoms with Gasteiger partial charge in [0.25, 0.3) is 5.91 Å². The first-order valence-corrected chi connectivity index (χ1v) is 7.83. The molecule has 25 heavy (non-hydrogen) atoms. The highest BCUT2D eigenvalue weighted by molar-refractivity contribution is 5.92. The van der Waals surface area contributed by atoms with Crippen molar-refractivity contribution in [2.24, 2.45) is 0 Å². The number of methoxy groups -OCH3 is 1. The van der Waals surface area contributed by atoms with E-state index >= 15 is 0 Å². The van der Waals surface area contributed by atoms with Crippen LogP contribution in [0.1, 0.15) is 5.56 Å². The predicted octanol–water partition coefficient (Wildman–Crippen LogP) is 2.34. The van der Waals surface area contributed by atoms with Gasteiger partial charge in [0.1, 0.15) is 11.5 Å². The smallest absolute Gasteiger partial charge is 0.262 e. The molecule has 2 aromatic rings. The molecule has 0 spiro atoms. The fourth-order valence-corrected chi connectivity index (χ4v) is 2.06. The summed E-state index contributed by atoms with van der Waals surface area (Å²) in [4.78, 5) is 25.2. The first-order valence-electron chi connectivity index (χ1n) is 7.83. The molecular formula is C19H22N2O4. The van der Waals surface area contributed by atoms with Crippen molar-refractivity contribution in [2.75, 3.05) is 33.1 Å². The molecule has 0 aliphatic rings. The molecule has 6 heteroatoms. The molecule has 0 bridgehead atoms. The molecule has 132 valence electrons. The maximum atomic E-state index is 11.9. The van der Waals surface area contributed by atoms with Gasteiger partial charge in [-0.3, -0.25) is 9.59 Å². The van der Waals surface area contributed by atoms with Crippen LogP contribution in [0.5, 0.6) is 11.5 Å². The number of rotatable bonds is 7. The molecule has 1 N–H and O–H groups in total. The Bertz CT molecular complexity index is 709. The van der Waals surface area contributed by atoms with Gasteiger partial charge >= 0.3 is 0 Å². The van der Waals surface area contributed by atoms with E-state index in [1.165, 1.54) is 0 Å². The molecule has 0 unspecified atom stereocenters. The van der Waals surface area contributed by atoms with Gasteiger partial charge < -0.3 is 19.7 Å². The molecule has 0 atom stereocenters. The van der Waals surface area contributed by atoms with Crippen LogP contribution in [-0.2, 0) is 16.0 Å². The molecule has 2 rings (SSSR count). The molecule has 2 amide bonds. The minimum atomic E-state index is -0.257. The minimum absolute atomic E-state index is 0.0321. The van der Waals surface area contributed by atoms with Crippen LogP contribution in [0.2, 0.25) is 0 Å². The Balaban J connectivity index is 1.82. The lowest BCUT2D eigenvalue weighted by Crippen LogP contribution is -2.23. The molecule has 6 nitrogen and oxygen atoms in total. The van der Waals surface area contributed by atoms with Gasteiger partial charge in [0.15, 0.2) is 6.61 Å². The van der Waals surface area contributed by atoms with E-state index < -0.39 is 0 Å². The predicted molar refractivity (Wildman–Crippen MR) is 96.0 cm³/mol. The second-order valence-electron chi connectivity index (χ2n) is 5.67. The monoisotopic (exact) mass is 342 g/mol. The largest absolute Gasteiger partial charge is 0.497 e. The van der Waals surface area contributed by atoms with Gasteiger partial charge in [0.2, 0.25) is 5.91 Å². The zero-order valence-corrected chi connectivity index (χ0v) is 14.6. The summed E-state index contributed by atoms with van der Waals surface area (Å²) in [6.45, 7) is -0.0901. The summed E-state index contributed by atoms with van der Waals surface area (Å²) >= 11 is 0. The number of benzene rings is 2. The second-order valence-corrected chi connectivity index (χ2v) is 5.67. The van der Waals surface area contributed by atoms with Crippen molar-refractivity contribution < 1.29 is 19.1 Å². The standard InChI is InChI=1S/C19H22N2O4/c1-21(2)19(23)12-14-4-6-15(7-5-14)20-18(22)13-25-17-10-8-16(24-3)9-11-17/h4-11H,12-13H2,1-3H3,(H,20,22). The third-order valence-electron chi connectivity index (χ3n) is 3.52. The molecule has 0 aliphatic heterocycles. The van der Waals surface area contributed by atoms with E-state index in [-0.39, 0.29) is 18.4 Å². The summed E-state index contributed by atoms with van der Waals surface area (Å²) in [6.07, 6.45) is 0.335. The summed E-state index contributed by atoms with van der Waals surface area (Å²) in [6, 6.07) is 14.2. The number of hydrogen-bond acceptors (Lipinski definition) is 4. The van der Waals surface area contributed by atoms with Crippen LogP contribution >= 0.6 is 0 Å². The highest BCUT2D eigenvalue weighted by Crippen LogP contribution is 2.17. The number of amides is 2. The number of likely N-dealkylation sites (N-methyl/N-ethyl adjacent to an activating group) is 1. The first-order chi connectivity index (χ1) is 12.0. The molecule has 0 radical (unpaired) electrons. The number of hydrogen-bond donors (Lipinski definition) is 1. The third-order valence-corrected chi connectivity index (χ3v) is 3.52. The summed E-state index contributed by atoms with van der Waals surface area (Å²) < 4.78 is 10.5. The van der Waals surface area contributed by atoms with Gasteiger partial charge in [-0.15, -0.1) is 0 Å². The Hall–Kier alpha value is -3.02. The van der Waals surface area contributed by atoms with E-state index in [4.69, 9.17) is 9.47 Å². The lowest BCUT2D eigenvalue weighted by atomic mass is 10.1. The van der Waals surface area contributed by atoms with Crippen LogP contribution in [0.15, 0.2) is 48.5 Å². The zero-order chi connectivity index (χ0) is 18.2. The number of anilines is 1. The van der Waals surface area contributed by atoms with E-state index in [1.54, 1.807) is 62.5 Å². The Kier molecular flexibility index (Phi) is 6.39. The Labute approximate surface area is 147 Å². The summed E-state index contributed by atoms with van der Waals surface area (Å²) in [5, 5.41) is 2.75. The van der Waals surface area contributed by atoms with Crippen molar-refractivity contribution in [3.05, 3.63) is 54.1 Å². The van der Waals surface area contributed by atoms with Gasteiger partial charge in [0, 0.05) is 19.8 Å². The van der Waals surface area contributed by atoms with Gasteiger partial charge in [-0.2, -0.15) is 0 Å². The van der Waals surface area contributed by atoms with Crippen LogP contribution in [0.3, 0.4) is 0 Å². The molecule has 0 heterocycles. The van der Waals surface area contributed by atoms with Crippen molar-refractivity contribution in [3.8, 4) is 11.5 Å². The molecule has 0 fully saturated rings. The molecule has 0 aliphatic carbocycles. The Morgan fingerprint density at radius 1 is 0.960 bits per heavy atom. The van der Waals surface area contributed by atoms with Crippen LogP contribution in [0.4, 0.5) is 5.69 Å². The van der Waals surface area contributed by atoms with E-state index in [1.807, 2.05) is 12.1 Å². The lowest BCUT2D eigenvalue weighted by Gasteiger charge is -2.11. The molecule has 2 aromatic carbocycles. The van der Waals surface area contributed by atoms with Gasteiger partial charge in [-0.1, -0.05) is 12.1 Å². The first kappa shape index (κ1) is 18.3. The molecule has 0 saturated heterocycles. The number of carbonyl (C=O) groups excluding carboxylic acids is 2. The number of carbonyl (C=O) groups is 2. The topological polar surface area (TPSA) is 67.9 Å². The van der Waals surface area contributed by atoms with E-state index in [0.29, 0.717) is 17.9 Å². The van der Waals surface area contributed by atoms with Crippen molar-refractivity contribution in [1.82, 2.24) is 4.90 Å². The highest BCUT2D eigenvalue weighted by Gasteiger charge is 2.07. The van der Waals surface area contributed by atoms with Gasteiger partial charge in [-0.05, 0) is 42.0 Å². The third kappa shape index (κ3) is 5.84. The van der Waals surface area contributed by atoms with Crippen LogP contribution in [0.25, 0.3) is 0 Å². The van der Waals surface area contributed by atoms with E-state index in [0.717, 1.165) is 11.3 Å². The number of ether oxygens (including phenoxy) is 2. The fourth-order valence-electron chi connectivity index (χ4n) is 2.06. The Morgan fingerprint density at radius 2 is 1.56 bits per heavy atom. The van der Waals surface area contributed by atoms with Crippen molar-refractivity contribution in [1.29, 1.82) is 0 Å². The minimum Gasteiger partial charge on any atom is -0.497 e. The van der Waals surface area contributed by atoms with E-state index in [9.17, 15) is 9.59 Å². The summed E-state index contributed by atoms with van der Waals surface area (Å²) in [5.74, 6) is 1.09. The Morgan fingerprint density at radius 3 is 2.12 bits per heavy atom. The average Bonchev–Trinajstić information content (AvgIpc) is 2.62. The van der Waals surface area contributed by atoms with Gasteiger partial charge in [-0.25, -0.2) is 0 Å². The van der Waals surface area contributed by atoms with Crippen molar-refractivity contribution in [2.45, 2.75) is 6.42 Å². The molecule has 0 saturated carbocycles. The summed E-state index contributed by atoms with van der Waals surface area (Å²) in [5.41, 5.74) is 1.55. The van der Waals surface area contributed by atoms with Gasteiger partial charge in [0.05, 0.1) is 13.5 Å². The SMILES string of the molecule is COc1ccc(OCC(=O)Nc2ccc(CC(=O)N(C)C)cc2)cc1. The molecular weight excluding hydrogens is 320 g/mol.